The Morgan fingerprint density at radius 2 is 2.23 bits per heavy atom. The fraction of sp³-hybridized carbons (Fsp3) is 0.125. The maximum absolute atomic E-state index is 11.0. The molecule has 5 nitrogen and oxygen atoms in total. The summed E-state index contributed by atoms with van der Waals surface area (Å²) in [6.07, 6.45) is 2.99. The van der Waals surface area contributed by atoms with Gasteiger partial charge < -0.3 is 0 Å². The molecule has 0 aromatic carbocycles. The Bertz CT molecular complexity index is 349. The molecule has 0 radical (unpaired) electrons. The standard InChI is InChI=1S/C8H9N3O2/c1-6(12)11-4-2-3-7(5-11)8(13)10-9/h2-5H,9H2,1H3/p+1. The van der Waals surface area contributed by atoms with Gasteiger partial charge in [0.15, 0.2) is 12.4 Å². The quantitative estimate of drug-likeness (QED) is 0.258. The van der Waals surface area contributed by atoms with Gasteiger partial charge in [-0.3, -0.25) is 10.2 Å². The number of pyridine rings is 1. The first kappa shape index (κ1) is 9.34. The summed E-state index contributed by atoms with van der Waals surface area (Å²) in [6.45, 7) is 1.41. The predicted molar refractivity (Wildman–Crippen MR) is 44.6 cm³/mol. The highest BCUT2D eigenvalue weighted by Gasteiger charge is 2.11. The van der Waals surface area contributed by atoms with E-state index in [-0.39, 0.29) is 5.91 Å². The molecule has 0 aliphatic carbocycles. The summed E-state index contributed by atoms with van der Waals surface area (Å²) in [6, 6.07) is 3.17. The van der Waals surface area contributed by atoms with Crippen LogP contribution in [0.3, 0.4) is 0 Å². The van der Waals surface area contributed by atoms with Crippen LogP contribution in [-0.4, -0.2) is 11.8 Å². The molecule has 1 amide bonds. The maximum Gasteiger partial charge on any atom is 0.389 e. The van der Waals surface area contributed by atoms with Gasteiger partial charge in [-0.15, -0.1) is 4.57 Å². The lowest BCUT2D eigenvalue weighted by atomic mass is 10.3. The van der Waals surface area contributed by atoms with Crippen LogP contribution in [-0.2, 0) is 0 Å². The fourth-order valence-electron chi connectivity index (χ4n) is 0.889. The van der Waals surface area contributed by atoms with E-state index in [9.17, 15) is 9.59 Å². The Kier molecular flexibility index (Phi) is 2.71. The Labute approximate surface area is 75.1 Å². The molecular formula is C8H10N3O2+. The van der Waals surface area contributed by atoms with E-state index in [1.165, 1.54) is 17.7 Å². The number of nitrogens with zero attached hydrogens (tertiary/aromatic N) is 1. The molecule has 68 valence electrons. The number of nitrogen functional groups attached to an aromatic ring is 1. The Balaban J connectivity index is 3.05. The molecule has 5 heteroatoms. The Morgan fingerprint density at radius 3 is 2.77 bits per heavy atom. The van der Waals surface area contributed by atoms with Crippen molar-refractivity contribution >= 4 is 11.8 Å². The second-order valence-electron chi connectivity index (χ2n) is 2.49. The number of carbonyl (C=O) groups excluding carboxylic acids is 2. The first-order chi connectivity index (χ1) is 6.15. The van der Waals surface area contributed by atoms with Crippen LogP contribution in [0, 0.1) is 0 Å². The van der Waals surface area contributed by atoms with Crippen molar-refractivity contribution in [2.45, 2.75) is 6.92 Å². The highest BCUT2D eigenvalue weighted by molar-refractivity contribution is 5.93. The SMILES string of the molecule is CC(=O)[n+]1cccc(C(=O)NN)c1. The van der Waals surface area contributed by atoms with E-state index in [1.54, 1.807) is 18.3 Å². The molecule has 0 unspecified atom stereocenters. The van der Waals surface area contributed by atoms with E-state index in [2.05, 4.69) is 0 Å². The van der Waals surface area contributed by atoms with E-state index in [1.807, 2.05) is 5.43 Å². The van der Waals surface area contributed by atoms with Crippen molar-refractivity contribution in [3.63, 3.8) is 0 Å². The third-order valence-electron chi connectivity index (χ3n) is 1.56. The van der Waals surface area contributed by atoms with Gasteiger partial charge in [0.1, 0.15) is 5.56 Å². The molecule has 13 heavy (non-hydrogen) atoms. The van der Waals surface area contributed by atoms with Gasteiger partial charge in [0.2, 0.25) is 0 Å². The first-order valence-electron chi connectivity index (χ1n) is 3.68. The highest BCUT2D eigenvalue weighted by atomic mass is 16.2. The van der Waals surface area contributed by atoms with Gasteiger partial charge >= 0.3 is 5.91 Å². The molecule has 1 aromatic heterocycles. The highest BCUT2D eigenvalue weighted by Crippen LogP contribution is 1.92. The molecule has 0 aliphatic rings. The van der Waals surface area contributed by atoms with Gasteiger partial charge in [-0.2, -0.15) is 0 Å². The first-order valence-corrected chi connectivity index (χ1v) is 3.68. The molecule has 0 fully saturated rings. The summed E-state index contributed by atoms with van der Waals surface area (Å²) in [7, 11) is 0. The molecule has 0 spiro atoms. The van der Waals surface area contributed by atoms with Gasteiger partial charge in [0.25, 0.3) is 5.91 Å². The van der Waals surface area contributed by atoms with Crippen molar-refractivity contribution in [2.24, 2.45) is 5.84 Å². The molecule has 0 atom stereocenters. The minimum absolute atomic E-state index is 0.160. The number of nitrogens with two attached hydrogens (primary N) is 1. The lowest BCUT2D eigenvalue weighted by Crippen LogP contribution is -2.41. The van der Waals surface area contributed by atoms with E-state index >= 15 is 0 Å². The van der Waals surface area contributed by atoms with Crippen molar-refractivity contribution in [3.05, 3.63) is 30.1 Å². The average molecular weight is 180 g/mol. The average Bonchev–Trinajstić information content (AvgIpc) is 2.17. The fourth-order valence-corrected chi connectivity index (χ4v) is 0.889. The van der Waals surface area contributed by atoms with Crippen LogP contribution in [0.1, 0.15) is 22.1 Å². The summed E-state index contributed by atoms with van der Waals surface area (Å²) in [5, 5.41) is 0. The van der Waals surface area contributed by atoms with Crippen LogP contribution in [0.5, 0.6) is 0 Å². The Hall–Kier alpha value is -1.75. The molecule has 0 bridgehead atoms. The second kappa shape index (κ2) is 3.77. The zero-order valence-electron chi connectivity index (χ0n) is 7.15. The Morgan fingerprint density at radius 1 is 1.54 bits per heavy atom. The van der Waals surface area contributed by atoms with Crippen LogP contribution in [0.25, 0.3) is 0 Å². The zero-order chi connectivity index (χ0) is 9.84. The number of nitrogens with one attached hydrogen (secondary N) is 1. The van der Waals surface area contributed by atoms with Gasteiger partial charge in [-0.25, -0.2) is 10.6 Å². The molecule has 1 heterocycles. The number of hydrogen-bond acceptors (Lipinski definition) is 3. The number of hydrazine groups is 1. The van der Waals surface area contributed by atoms with Crippen LogP contribution >= 0.6 is 0 Å². The third-order valence-corrected chi connectivity index (χ3v) is 1.56. The third kappa shape index (κ3) is 2.09. The molecule has 0 saturated heterocycles. The van der Waals surface area contributed by atoms with Crippen molar-refractivity contribution in [3.8, 4) is 0 Å². The summed E-state index contributed by atoms with van der Waals surface area (Å²) in [5.74, 6) is 4.36. The number of rotatable bonds is 1. The maximum atomic E-state index is 11.0. The van der Waals surface area contributed by atoms with Crippen LogP contribution in [0.15, 0.2) is 24.5 Å². The van der Waals surface area contributed by atoms with Gasteiger partial charge in [-0.05, 0) is 6.07 Å². The van der Waals surface area contributed by atoms with Gasteiger partial charge in [-0.1, -0.05) is 0 Å². The molecule has 1 aromatic rings. The summed E-state index contributed by atoms with van der Waals surface area (Å²) >= 11 is 0. The summed E-state index contributed by atoms with van der Waals surface area (Å²) in [4.78, 5) is 21.9. The normalized spacial score (nSPS) is 9.38. The van der Waals surface area contributed by atoms with Crippen molar-refractivity contribution in [2.75, 3.05) is 0 Å². The molecule has 0 saturated carbocycles. The topological polar surface area (TPSA) is 76.1 Å². The predicted octanol–water partition coefficient (Wildman–Crippen LogP) is -0.762. The van der Waals surface area contributed by atoms with Crippen molar-refractivity contribution < 1.29 is 14.2 Å². The number of carbonyl (C=O) groups is 2. The molecule has 3 N–H and O–H groups in total. The van der Waals surface area contributed by atoms with Crippen LogP contribution < -0.4 is 15.8 Å². The lowest BCUT2D eigenvalue weighted by molar-refractivity contribution is -0.572. The van der Waals surface area contributed by atoms with Gasteiger partial charge in [0.05, 0.1) is 6.92 Å². The minimum Gasteiger partial charge on any atom is -0.290 e. The molecule has 1 rings (SSSR count). The lowest BCUT2D eigenvalue weighted by Gasteiger charge is -1.96. The van der Waals surface area contributed by atoms with Crippen molar-refractivity contribution in [1.82, 2.24) is 5.43 Å². The van der Waals surface area contributed by atoms with E-state index < -0.39 is 5.91 Å². The molecule has 0 aliphatic heterocycles. The number of hydrogen-bond donors (Lipinski definition) is 2. The summed E-state index contributed by atoms with van der Waals surface area (Å²) < 4.78 is 1.31. The number of aromatic nitrogens is 1. The van der Waals surface area contributed by atoms with Crippen LogP contribution in [0.4, 0.5) is 0 Å². The molecular weight excluding hydrogens is 170 g/mol. The minimum atomic E-state index is -0.421. The van der Waals surface area contributed by atoms with E-state index in [0.717, 1.165) is 0 Å². The number of amides is 1. The largest absolute Gasteiger partial charge is 0.389 e. The van der Waals surface area contributed by atoms with Crippen LogP contribution in [0.2, 0.25) is 0 Å². The van der Waals surface area contributed by atoms with E-state index in [0.29, 0.717) is 5.56 Å². The zero-order valence-corrected chi connectivity index (χ0v) is 7.15. The smallest absolute Gasteiger partial charge is 0.290 e. The van der Waals surface area contributed by atoms with Crippen molar-refractivity contribution in [1.29, 1.82) is 0 Å². The second-order valence-corrected chi connectivity index (χ2v) is 2.49. The monoisotopic (exact) mass is 180 g/mol. The summed E-state index contributed by atoms with van der Waals surface area (Å²) in [5.41, 5.74) is 2.33. The van der Waals surface area contributed by atoms with E-state index in [4.69, 9.17) is 5.84 Å². The van der Waals surface area contributed by atoms with Gasteiger partial charge in [0, 0.05) is 6.07 Å².